The molecular weight excluding hydrogens is 242 g/mol. The second-order valence-electron chi connectivity index (χ2n) is 4.66. The summed E-state index contributed by atoms with van der Waals surface area (Å²) in [6.07, 6.45) is 1.31. The lowest BCUT2D eigenvalue weighted by atomic mass is 9.95. The number of rotatable bonds is 7. The minimum absolute atomic E-state index is 0.00798. The zero-order valence-corrected chi connectivity index (χ0v) is 11.8. The summed E-state index contributed by atoms with van der Waals surface area (Å²) in [7, 11) is 1.62. The third-order valence-corrected chi connectivity index (χ3v) is 3.19. The first-order valence-corrected chi connectivity index (χ1v) is 6.67. The van der Waals surface area contributed by atoms with Gasteiger partial charge in [0, 0.05) is 12.6 Å². The van der Waals surface area contributed by atoms with Gasteiger partial charge in [0.25, 0.3) is 0 Å². The summed E-state index contributed by atoms with van der Waals surface area (Å²) < 4.78 is 5.11. The topological polar surface area (TPSA) is 58.6 Å². The number of benzene rings is 1. The molecule has 0 bridgehead atoms. The molecule has 2 N–H and O–H groups in total. The normalized spacial score (nSPS) is 13.7. The van der Waals surface area contributed by atoms with Gasteiger partial charge in [-0.05, 0) is 37.5 Å². The molecular formula is C15H23NO3. The zero-order chi connectivity index (χ0) is 14.3. The number of hydrogen-bond donors (Lipinski definition) is 2. The lowest BCUT2D eigenvalue weighted by Gasteiger charge is -2.19. The molecule has 1 aromatic carbocycles. The highest BCUT2D eigenvalue weighted by molar-refractivity contribution is 5.83. The average Bonchev–Trinajstić information content (AvgIpc) is 2.40. The minimum atomic E-state index is -0.160. The van der Waals surface area contributed by atoms with E-state index >= 15 is 0 Å². The lowest BCUT2D eigenvalue weighted by Crippen LogP contribution is -2.36. The fraction of sp³-hybridized carbons (Fsp3) is 0.533. The van der Waals surface area contributed by atoms with Gasteiger partial charge in [0.05, 0.1) is 13.0 Å². The Bertz CT molecular complexity index is 389. The van der Waals surface area contributed by atoms with Gasteiger partial charge in [-0.25, -0.2) is 0 Å². The number of ether oxygens (including phenoxy) is 1. The molecule has 4 nitrogen and oxygen atoms in total. The second-order valence-corrected chi connectivity index (χ2v) is 4.66. The van der Waals surface area contributed by atoms with Crippen LogP contribution in [0.4, 0.5) is 0 Å². The van der Waals surface area contributed by atoms with E-state index in [1.165, 1.54) is 0 Å². The SMILES string of the molecule is CCC(C(=O)NC(C)CCO)c1ccc(OC)cc1. The maximum absolute atomic E-state index is 12.2. The molecule has 1 aromatic rings. The Morgan fingerprint density at radius 2 is 2.00 bits per heavy atom. The molecule has 0 aliphatic rings. The van der Waals surface area contributed by atoms with Crippen molar-refractivity contribution in [3.05, 3.63) is 29.8 Å². The maximum Gasteiger partial charge on any atom is 0.227 e. The number of aliphatic hydroxyl groups excluding tert-OH is 1. The highest BCUT2D eigenvalue weighted by Crippen LogP contribution is 2.22. The van der Waals surface area contributed by atoms with Gasteiger partial charge in [0.1, 0.15) is 5.75 Å². The van der Waals surface area contributed by atoms with Gasteiger partial charge < -0.3 is 15.2 Å². The van der Waals surface area contributed by atoms with Crippen LogP contribution in [0, 0.1) is 0 Å². The molecule has 0 heterocycles. The van der Waals surface area contributed by atoms with Gasteiger partial charge >= 0.3 is 0 Å². The van der Waals surface area contributed by atoms with Crippen LogP contribution in [0.15, 0.2) is 24.3 Å². The van der Waals surface area contributed by atoms with Crippen LogP contribution < -0.4 is 10.1 Å². The van der Waals surface area contributed by atoms with Crippen molar-refractivity contribution in [1.82, 2.24) is 5.32 Å². The Labute approximate surface area is 114 Å². The fourth-order valence-corrected chi connectivity index (χ4v) is 2.02. The first kappa shape index (κ1) is 15.5. The van der Waals surface area contributed by atoms with Crippen LogP contribution >= 0.6 is 0 Å². The van der Waals surface area contributed by atoms with Gasteiger partial charge in [-0.2, -0.15) is 0 Å². The molecule has 0 aliphatic carbocycles. The van der Waals surface area contributed by atoms with Crippen molar-refractivity contribution in [1.29, 1.82) is 0 Å². The van der Waals surface area contributed by atoms with Crippen LogP contribution in [0.5, 0.6) is 5.75 Å². The van der Waals surface area contributed by atoms with Gasteiger partial charge in [0.15, 0.2) is 0 Å². The van der Waals surface area contributed by atoms with Crippen molar-refractivity contribution in [2.45, 2.75) is 38.6 Å². The molecule has 0 radical (unpaired) electrons. The first-order valence-electron chi connectivity index (χ1n) is 6.67. The van der Waals surface area contributed by atoms with E-state index in [-0.39, 0.29) is 24.5 Å². The quantitative estimate of drug-likeness (QED) is 0.793. The molecule has 0 saturated heterocycles. The predicted molar refractivity (Wildman–Crippen MR) is 75.3 cm³/mol. The number of methoxy groups -OCH3 is 1. The molecule has 2 atom stereocenters. The summed E-state index contributed by atoms with van der Waals surface area (Å²) in [5, 5.41) is 11.8. The summed E-state index contributed by atoms with van der Waals surface area (Å²) >= 11 is 0. The van der Waals surface area contributed by atoms with E-state index in [4.69, 9.17) is 9.84 Å². The van der Waals surface area contributed by atoms with Crippen molar-refractivity contribution < 1.29 is 14.6 Å². The smallest absolute Gasteiger partial charge is 0.227 e. The molecule has 1 amide bonds. The Balaban J connectivity index is 2.72. The van der Waals surface area contributed by atoms with Crippen molar-refractivity contribution in [2.75, 3.05) is 13.7 Å². The summed E-state index contributed by atoms with van der Waals surface area (Å²) in [6.45, 7) is 3.97. The Morgan fingerprint density at radius 1 is 1.37 bits per heavy atom. The van der Waals surface area contributed by atoms with Crippen molar-refractivity contribution in [2.24, 2.45) is 0 Å². The lowest BCUT2D eigenvalue weighted by molar-refractivity contribution is -0.123. The monoisotopic (exact) mass is 265 g/mol. The van der Waals surface area contributed by atoms with Gasteiger partial charge in [-0.15, -0.1) is 0 Å². The van der Waals surface area contributed by atoms with E-state index < -0.39 is 0 Å². The number of nitrogens with one attached hydrogen (secondary N) is 1. The van der Waals surface area contributed by atoms with Crippen LogP contribution in [0.25, 0.3) is 0 Å². The second kappa shape index (κ2) is 7.79. The van der Waals surface area contributed by atoms with Crippen molar-refractivity contribution in [3.63, 3.8) is 0 Å². The molecule has 19 heavy (non-hydrogen) atoms. The molecule has 0 fully saturated rings. The summed E-state index contributed by atoms with van der Waals surface area (Å²) in [5.41, 5.74) is 0.983. The fourth-order valence-electron chi connectivity index (χ4n) is 2.02. The molecule has 106 valence electrons. The van der Waals surface area contributed by atoms with E-state index in [1.807, 2.05) is 38.1 Å². The van der Waals surface area contributed by atoms with Gasteiger partial charge in [0.2, 0.25) is 5.91 Å². The molecule has 0 aliphatic heterocycles. The Morgan fingerprint density at radius 3 is 2.47 bits per heavy atom. The Kier molecular flexibility index (Phi) is 6.36. The van der Waals surface area contributed by atoms with Crippen LogP contribution in [-0.4, -0.2) is 30.8 Å². The number of hydrogen-bond acceptors (Lipinski definition) is 3. The molecule has 0 spiro atoms. The zero-order valence-electron chi connectivity index (χ0n) is 11.8. The third-order valence-electron chi connectivity index (χ3n) is 3.19. The largest absolute Gasteiger partial charge is 0.497 e. The van der Waals surface area contributed by atoms with Crippen LogP contribution in [0.3, 0.4) is 0 Å². The number of aliphatic hydroxyl groups is 1. The summed E-state index contributed by atoms with van der Waals surface area (Å²) in [4.78, 5) is 12.2. The predicted octanol–water partition coefficient (Wildman–Crippen LogP) is 2.08. The number of amides is 1. The van der Waals surface area contributed by atoms with E-state index in [1.54, 1.807) is 7.11 Å². The summed E-state index contributed by atoms with van der Waals surface area (Å²) in [5.74, 6) is 0.633. The first-order chi connectivity index (χ1) is 9.12. The average molecular weight is 265 g/mol. The molecule has 0 aromatic heterocycles. The standard InChI is InChI=1S/C15H23NO3/c1-4-14(15(18)16-11(2)9-10-17)12-5-7-13(19-3)8-6-12/h5-8,11,14,17H,4,9-10H2,1-3H3,(H,16,18). The van der Waals surface area contributed by atoms with Gasteiger partial charge in [-0.3, -0.25) is 4.79 Å². The summed E-state index contributed by atoms with van der Waals surface area (Å²) in [6, 6.07) is 7.56. The Hall–Kier alpha value is -1.55. The molecule has 4 heteroatoms. The molecule has 0 saturated carbocycles. The molecule has 1 rings (SSSR count). The van der Waals surface area contributed by atoms with Crippen molar-refractivity contribution in [3.8, 4) is 5.75 Å². The number of carbonyl (C=O) groups excluding carboxylic acids is 1. The van der Waals surface area contributed by atoms with Crippen LogP contribution in [0.1, 0.15) is 38.2 Å². The van der Waals surface area contributed by atoms with E-state index in [9.17, 15) is 4.79 Å². The molecule has 2 unspecified atom stereocenters. The maximum atomic E-state index is 12.2. The minimum Gasteiger partial charge on any atom is -0.497 e. The van der Waals surface area contributed by atoms with Crippen LogP contribution in [0.2, 0.25) is 0 Å². The van der Waals surface area contributed by atoms with Crippen LogP contribution in [-0.2, 0) is 4.79 Å². The van der Waals surface area contributed by atoms with E-state index in [2.05, 4.69) is 5.32 Å². The highest BCUT2D eigenvalue weighted by Gasteiger charge is 2.19. The highest BCUT2D eigenvalue weighted by atomic mass is 16.5. The third kappa shape index (κ3) is 4.56. The van der Waals surface area contributed by atoms with E-state index in [0.717, 1.165) is 17.7 Å². The number of carbonyl (C=O) groups is 1. The van der Waals surface area contributed by atoms with Crippen molar-refractivity contribution >= 4 is 5.91 Å². The van der Waals surface area contributed by atoms with E-state index in [0.29, 0.717) is 6.42 Å². The van der Waals surface area contributed by atoms with Gasteiger partial charge in [-0.1, -0.05) is 19.1 Å².